The average molecular weight is 344 g/mol. The number of ketones is 1. The van der Waals surface area contributed by atoms with Gasteiger partial charge in [0.15, 0.2) is 6.61 Å². The van der Waals surface area contributed by atoms with Crippen molar-refractivity contribution in [3.8, 4) is 0 Å². The van der Waals surface area contributed by atoms with Crippen molar-refractivity contribution in [2.45, 2.75) is 25.2 Å². The largest absolute Gasteiger partial charge is 0.458 e. The van der Waals surface area contributed by atoms with Gasteiger partial charge in [0.2, 0.25) is 11.7 Å². The molecule has 1 rings (SSSR count). The Hall–Kier alpha value is -2.40. The number of nitrogens with zero attached hydrogens (tertiary/aromatic N) is 1. The van der Waals surface area contributed by atoms with Crippen molar-refractivity contribution < 1.29 is 39.5 Å². The lowest BCUT2D eigenvalue weighted by atomic mass is 10.1. The first-order chi connectivity index (χ1) is 11.2. The van der Waals surface area contributed by atoms with E-state index >= 15 is 0 Å². The number of esters is 1. The molecule has 0 aliphatic carbocycles. The van der Waals surface area contributed by atoms with E-state index in [1.54, 1.807) is 18.3 Å². The van der Waals surface area contributed by atoms with Gasteiger partial charge in [-0.05, 0) is 12.1 Å². The summed E-state index contributed by atoms with van der Waals surface area (Å²) in [6.45, 7) is -0.399. The van der Waals surface area contributed by atoms with Crippen LogP contribution in [-0.2, 0) is 14.3 Å². The minimum absolute atomic E-state index is 0.442. The van der Waals surface area contributed by atoms with E-state index < -0.39 is 49.2 Å². The summed E-state index contributed by atoms with van der Waals surface area (Å²) in [5, 5.41) is 35.6. The minimum Gasteiger partial charge on any atom is -0.458 e. The van der Waals surface area contributed by atoms with Gasteiger partial charge >= 0.3 is 5.97 Å². The molecule has 1 amide bonds. The number of pyridine rings is 1. The van der Waals surface area contributed by atoms with Crippen LogP contribution < -0.4 is 5.73 Å². The Morgan fingerprint density at radius 2 is 1.92 bits per heavy atom. The second-order valence-electron chi connectivity index (χ2n) is 4.54. The molecular formula is C14H20N2O8. The molecule has 0 saturated carbocycles. The standard InChI is InChI=1S/C8H14O7.C6H6N2O/c1-4(10)15-3-6(12)8(14)7(13)5(11)2-9;7-6(9)5-2-1-3-8-4-5/h5,7-9,11,13-14H,2-3H2,1H3;1-4H,(H2,7,9)/t5-,7+,8+;/m1./s1. The smallest absolute Gasteiger partial charge is 0.303 e. The Balaban J connectivity index is 0.000000496. The number of aliphatic hydroxyl groups is 4. The Morgan fingerprint density at radius 1 is 1.29 bits per heavy atom. The molecule has 1 heterocycles. The fourth-order valence-electron chi connectivity index (χ4n) is 1.28. The molecule has 10 heteroatoms. The highest BCUT2D eigenvalue weighted by molar-refractivity contribution is 5.92. The van der Waals surface area contributed by atoms with Crippen molar-refractivity contribution >= 4 is 17.7 Å². The van der Waals surface area contributed by atoms with E-state index in [2.05, 4.69) is 9.72 Å². The van der Waals surface area contributed by atoms with E-state index in [9.17, 15) is 14.4 Å². The van der Waals surface area contributed by atoms with Crippen LogP contribution in [0.25, 0.3) is 0 Å². The second-order valence-corrected chi connectivity index (χ2v) is 4.54. The predicted molar refractivity (Wildman–Crippen MR) is 79.5 cm³/mol. The summed E-state index contributed by atoms with van der Waals surface area (Å²) in [5.41, 5.74) is 5.38. The predicted octanol–water partition coefficient (Wildman–Crippen LogP) is -2.63. The number of carbonyl (C=O) groups is 3. The van der Waals surface area contributed by atoms with E-state index in [-0.39, 0.29) is 0 Å². The molecule has 6 N–H and O–H groups in total. The zero-order valence-corrected chi connectivity index (χ0v) is 12.9. The third kappa shape index (κ3) is 8.29. The summed E-state index contributed by atoms with van der Waals surface area (Å²) in [6.07, 6.45) is -2.31. The lowest BCUT2D eigenvalue weighted by Gasteiger charge is -2.20. The Kier molecular flexibility index (Phi) is 10.1. The zero-order valence-electron chi connectivity index (χ0n) is 12.9. The Bertz CT molecular complexity index is 537. The fourth-order valence-corrected chi connectivity index (χ4v) is 1.28. The Labute approximate surface area is 137 Å². The zero-order chi connectivity index (χ0) is 18.7. The number of amides is 1. The summed E-state index contributed by atoms with van der Waals surface area (Å²) in [6, 6.07) is 3.29. The van der Waals surface area contributed by atoms with Crippen molar-refractivity contribution in [1.82, 2.24) is 4.98 Å². The van der Waals surface area contributed by atoms with E-state index in [1.807, 2.05) is 0 Å². The van der Waals surface area contributed by atoms with Crippen molar-refractivity contribution in [2.24, 2.45) is 5.73 Å². The number of Topliss-reactive ketones (excluding diaryl/α,β-unsaturated/α-hetero) is 1. The van der Waals surface area contributed by atoms with Gasteiger partial charge in [-0.1, -0.05) is 0 Å². The molecule has 24 heavy (non-hydrogen) atoms. The number of aliphatic hydroxyl groups excluding tert-OH is 4. The quantitative estimate of drug-likeness (QED) is 0.331. The summed E-state index contributed by atoms with van der Waals surface area (Å²) in [5.74, 6) is -2.10. The number of nitrogens with two attached hydrogens (primary N) is 1. The van der Waals surface area contributed by atoms with Crippen LogP contribution in [0.5, 0.6) is 0 Å². The van der Waals surface area contributed by atoms with E-state index in [0.717, 1.165) is 6.92 Å². The molecule has 0 aromatic carbocycles. The van der Waals surface area contributed by atoms with Gasteiger partial charge < -0.3 is 30.9 Å². The maximum atomic E-state index is 11.0. The molecule has 0 aliphatic rings. The van der Waals surface area contributed by atoms with Crippen LogP contribution in [0.1, 0.15) is 17.3 Å². The molecule has 0 fully saturated rings. The molecule has 1 aromatic rings. The number of hydrogen-bond donors (Lipinski definition) is 5. The van der Waals surface area contributed by atoms with Gasteiger partial charge in [-0.15, -0.1) is 0 Å². The highest BCUT2D eigenvalue weighted by atomic mass is 16.5. The number of primary amides is 1. The SMILES string of the molecule is CC(=O)OCC(=O)[C@H](O)[C@@H](O)[C@H](O)CO.NC(=O)c1cccnc1. The monoisotopic (exact) mass is 344 g/mol. The fraction of sp³-hybridized carbons (Fsp3) is 0.429. The molecule has 134 valence electrons. The highest BCUT2D eigenvalue weighted by Gasteiger charge is 2.30. The molecule has 0 aliphatic heterocycles. The number of rotatable bonds is 7. The van der Waals surface area contributed by atoms with Crippen molar-refractivity contribution in [3.63, 3.8) is 0 Å². The molecule has 0 spiro atoms. The molecule has 0 bridgehead atoms. The Morgan fingerprint density at radius 3 is 2.29 bits per heavy atom. The van der Waals surface area contributed by atoms with Gasteiger partial charge in [0.1, 0.15) is 18.3 Å². The maximum Gasteiger partial charge on any atom is 0.303 e. The van der Waals surface area contributed by atoms with E-state index in [4.69, 9.17) is 26.2 Å². The highest BCUT2D eigenvalue weighted by Crippen LogP contribution is 2.01. The normalized spacial score (nSPS) is 13.7. The van der Waals surface area contributed by atoms with Gasteiger partial charge in [-0.2, -0.15) is 0 Å². The molecule has 10 nitrogen and oxygen atoms in total. The topological polar surface area (TPSA) is 180 Å². The molecule has 1 aromatic heterocycles. The molecule has 0 saturated heterocycles. The first kappa shape index (κ1) is 21.6. The van der Waals surface area contributed by atoms with Crippen LogP contribution in [0, 0.1) is 0 Å². The van der Waals surface area contributed by atoms with Crippen molar-refractivity contribution in [1.29, 1.82) is 0 Å². The second kappa shape index (κ2) is 11.2. The molecule has 0 radical (unpaired) electrons. The number of hydrogen-bond acceptors (Lipinski definition) is 9. The lowest BCUT2D eigenvalue weighted by Crippen LogP contribution is -2.45. The summed E-state index contributed by atoms with van der Waals surface area (Å²) in [4.78, 5) is 35.4. The molecular weight excluding hydrogens is 324 g/mol. The van der Waals surface area contributed by atoms with Gasteiger partial charge in [-0.25, -0.2) is 0 Å². The van der Waals surface area contributed by atoms with Gasteiger partial charge in [0, 0.05) is 19.3 Å². The van der Waals surface area contributed by atoms with Gasteiger partial charge in [0.25, 0.3) is 0 Å². The van der Waals surface area contributed by atoms with E-state index in [0.29, 0.717) is 5.56 Å². The number of aromatic nitrogens is 1. The van der Waals surface area contributed by atoms with Crippen molar-refractivity contribution in [2.75, 3.05) is 13.2 Å². The van der Waals surface area contributed by atoms with Crippen LogP contribution in [0.2, 0.25) is 0 Å². The summed E-state index contributed by atoms with van der Waals surface area (Å²) >= 11 is 0. The van der Waals surface area contributed by atoms with Crippen LogP contribution in [0.15, 0.2) is 24.5 Å². The summed E-state index contributed by atoms with van der Waals surface area (Å²) < 4.78 is 4.28. The maximum absolute atomic E-state index is 11.0. The van der Waals surface area contributed by atoms with Crippen LogP contribution in [-0.4, -0.2) is 74.6 Å². The molecule has 0 unspecified atom stereocenters. The third-order valence-corrected chi connectivity index (χ3v) is 2.60. The summed E-state index contributed by atoms with van der Waals surface area (Å²) in [7, 11) is 0. The van der Waals surface area contributed by atoms with Gasteiger partial charge in [-0.3, -0.25) is 19.4 Å². The van der Waals surface area contributed by atoms with Crippen LogP contribution in [0.3, 0.4) is 0 Å². The van der Waals surface area contributed by atoms with Gasteiger partial charge in [0.05, 0.1) is 12.2 Å². The first-order valence-corrected chi connectivity index (χ1v) is 6.71. The van der Waals surface area contributed by atoms with Crippen molar-refractivity contribution in [3.05, 3.63) is 30.1 Å². The average Bonchev–Trinajstić information content (AvgIpc) is 2.58. The first-order valence-electron chi connectivity index (χ1n) is 6.71. The van der Waals surface area contributed by atoms with Crippen LogP contribution >= 0.6 is 0 Å². The number of ether oxygens (including phenoxy) is 1. The lowest BCUT2D eigenvalue weighted by molar-refractivity contribution is -0.153. The molecule has 3 atom stereocenters. The van der Waals surface area contributed by atoms with E-state index in [1.165, 1.54) is 6.20 Å². The van der Waals surface area contributed by atoms with Crippen LogP contribution in [0.4, 0.5) is 0 Å². The number of carbonyl (C=O) groups excluding carboxylic acids is 3. The third-order valence-electron chi connectivity index (χ3n) is 2.60. The minimum atomic E-state index is -1.90.